The van der Waals surface area contributed by atoms with Gasteiger partial charge in [0.2, 0.25) is 10.0 Å². The highest BCUT2D eigenvalue weighted by Gasteiger charge is 2.37. The highest BCUT2D eigenvalue weighted by Crippen LogP contribution is 2.33. The number of halogens is 2. The van der Waals surface area contributed by atoms with Crippen molar-refractivity contribution in [2.75, 3.05) is 6.54 Å². The molecule has 0 radical (unpaired) electrons. The van der Waals surface area contributed by atoms with Crippen molar-refractivity contribution in [3.05, 3.63) is 53.4 Å². The van der Waals surface area contributed by atoms with Crippen LogP contribution >= 0.6 is 0 Å². The largest absolute Gasteiger partial charge is 0.346 e. The Morgan fingerprint density at radius 3 is 2.36 bits per heavy atom. The van der Waals surface area contributed by atoms with Crippen LogP contribution < -0.4 is 0 Å². The first-order valence-electron chi connectivity index (χ1n) is 6.96. The molecule has 0 amide bonds. The average Bonchev–Trinajstić information content (AvgIpc) is 2.81. The standard InChI is InChI=1S/C15H16F2N2O2S/c1-10-6-7-14-11(2)19(9-8-18(10)14)22(20,21)15-12(16)4-3-5-13(15)17/h3-7,11H,8-9H2,1-2H3/t11-/m0/s1. The molecule has 4 nitrogen and oxygen atoms in total. The maximum Gasteiger partial charge on any atom is 0.249 e. The quantitative estimate of drug-likeness (QED) is 0.852. The molecule has 3 rings (SSSR count). The zero-order chi connectivity index (χ0) is 16.1. The minimum absolute atomic E-state index is 0.180. The van der Waals surface area contributed by atoms with Gasteiger partial charge in [-0.2, -0.15) is 4.31 Å². The number of nitrogens with zero attached hydrogens (tertiary/aromatic N) is 2. The number of hydrogen-bond acceptors (Lipinski definition) is 2. The summed E-state index contributed by atoms with van der Waals surface area (Å²) in [5.74, 6) is -2.13. The predicted octanol–water partition coefficient (Wildman–Crippen LogP) is 2.84. The van der Waals surface area contributed by atoms with Gasteiger partial charge in [0.15, 0.2) is 4.90 Å². The maximum atomic E-state index is 13.9. The van der Waals surface area contributed by atoms with Gasteiger partial charge in [-0.3, -0.25) is 0 Å². The SMILES string of the molecule is Cc1ccc2n1CCN(S(=O)(=O)c1c(F)cccc1F)[C@H]2C. The lowest BCUT2D eigenvalue weighted by atomic mass is 10.2. The van der Waals surface area contributed by atoms with E-state index in [-0.39, 0.29) is 6.54 Å². The van der Waals surface area contributed by atoms with Gasteiger partial charge in [-0.15, -0.1) is 0 Å². The second-order valence-electron chi connectivity index (χ2n) is 5.39. The van der Waals surface area contributed by atoms with Gasteiger partial charge in [0.25, 0.3) is 0 Å². The number of hydrogen-bond donors (Lipinski definition) is 0. The lowest BCUT2D eigenvalue weighted by Gasteiger charge is -2.34. The molecular formula is C15H16F2N2O2S. The van der Waals surface area contributed by atoms with Crippen LogP contribution in [0.2, 0.25) is 0 Å². The minimum atomic E-state index is -4.24. The molecule has 0 aliphatic carbocycles. The smallest absolute Gasteiger partial charge is 0.249 e. The molecule has 2 heterocycles. The van der Waals surface area contributed by atoms with Crippen molar-refractivity contribution < 1.29 is 17.2 Å². The summed E-state index contributed by atoms with van der Waals surface area (Å²) in [6.45, 7) is 4.31. The number of rotatable bonds is 2. The first-order valence-corrected chi connectivity index (χ1v) is 8.40. The summed E-state index contributed by atoms with van der Waals surface area (Å²) in [4.78, 5) is -0.876. The van der Waals surface area contributed by atoms with Crippen LogP contribution in [0.3, 0.4) is 0 Å². The molecule has 1 aliphatic rings. The van der Waals surface area contributed by atoms with Crippen LogP contribution in [0.4, 0.5) is 8.78 Å². The van der Waals surface area contributed by atoms with Crippen molar-refractivity contribution in [2.45, 2.75) is 31.3 Å². The highest BCUT2D eigenvalue weighted by molar-refractivity contribution is 7.89. The topological polar surface area (TPSA) is 42.3 Å². The van der Waals surface area contributed by atoms with E-state index in [9.17, 15) is 17.2 Å². The molecule has 2 aromatic rings. The van der Waals surface area contributed by atoms with Crippen molar-refractivity contribution in [1.29, 1.82) is 0 Å². The Bertz CT molecular complexity index is 810. The molecule has 1 atom stereocenters. The van der Waals surface area contributed by atoms with E-state index in [1.165, 1.54) is 0 Å². The first-order chi connectivity index (χ1) is 10.3. The van der Waals surface area contributed by atoms with Gasteiger partial charge in [0.1, 0.15) is 11.6 Å². The molecule has 0 unspecified atom stereocenters. The van der Waals surface area contributed by atoms with Crippen molar-refractivity contribution in [3.8, 4) is 0 Å². The number of aryl methyl sites for hydroxylation is 1. The molecular weight excluding hydrogens is 310 g/mol. The van der Waals surface area contributed by atoms with Crippen LogP contribution in [0.25, 0.3) is 0 Å². The Balaban J connectivity index is 2.08. The second-order valence-corrected chi connectivity index (χ2v) is 7.22. The molecule has 1 aromatic carbocycles. The molecule has 0 N–H and O–H groups in total. The molecule has 1 aromatic heterocycles. The first kappa shape index (κ1) is 15.2. The summed E-state index contributed by atoms with van der Waals surface area (Å²) in [7, 11) is -4.24. The van der Waals surface area contributed by atoms with E-state index in [2.05, 4.69) is 0 Å². The van der Waals surface area contributed by atoms with E-state index in [1.54, 1.807) is 6.92 Å². The fourth-order valence-electron chi connectivity index (χ4n) is 2.97. The Hall–Kier alpha value is -1.73. The van der Waals surface area contributed by atoms with Crippen LogP contribution in [-0.2, 0) is 16.6 Å². The highest BCUT2D eigenvalue weighted by atomic mass is 32.2. The summed E-state index contributed by atoms with van der Waals surface area (Å²) >= 11 is 0. The zero-order valence-electron chi connectivity index (χ0n) is 12.3. The molecule has 0 fully saturated rings. The minimum Gasteiger partial charge on any atom is -0.346 e. The predicted molar refractivity (Wildman–Crippen MR) is 77.8 cm³/mol. The summed E-state index contributed by atoms with van der Waals surface area (Å²) in [6.07, 6.45) is 0. The van der Waals surface area contributed by atoms with Crippen molar-refractivity contribution >= 4 is 10.0 Å². The fourth-order valence-corrected chi connectivity index (χ4v) is 4.68. The lowest BCUT2D eigenvalue weighted by Crippen LogP contribution is -2.41. The molecule has 0 bridgehead atoms. The van der Waals surface area contributed by atoms with E-state index in [4.69, 9.17) is 0 Å². The van der Waals surface area contributed by atoms with Crippen LogP contribution in [0.5, 0.6) is 0 Å². The second kappa shape index (κ2) is 5.17. The van der Waals surface area contributed by atoms with E-state index in [0.29, 0.717) is 6.54 Å². The van der Waals surface area contributed by atoms with Gasteiger partial charge in [0, 0.05) is 24.5 Å². The molecule has 0 saturated carbocycles. The molecule has 7 heteroatoms. The third-order valence-electron chi connectivity index (χ3n) is 4.12. The summed E-state index contributed by atoms with van der Waals surface area (Å²) in [6, 6.07) is 6.34. The average molecular weight is 326 g/mol. The van der Waals surface area contributed by atoms with E-state index < -0.39 is 32.6 Å². The van der Waals surface area contributed by atoms with Gasteiger partial charge >= 0.3 is 0 Å². The van der Waals surface area contributed by atoms with Crippen molar-refractivity contribution in [1.82, 2.24) is 8.87 Å². The number of sulfonamides is 1. The van der Waals surface area contributed by atoms with Crippen LogP contribution in [0.1, 0.15) is 24.4 Å². The molecule has 118 valence electrons. The van der Waals surface area contributed by atoms with Crippen LogP contribution in [-0.4, -0.2) is 23.8 Å². The Labute approximate surface area is 128 Å². The monoisotopic (exact) mass is 326 g/mol. The van der Waals surface area contributed by atoms with Gasteiger partial charge in [-0.05, 0) is 38.1 Å². The van der Waals surface area contributed by atoms with Crippen LogP contribution in [0, 0.1) is 18.6 Å². The van der Waals surface area contributed by atoms with E-state index in [1.807, 2.05) is 23.6 Å². The third-order valence-corrected chi connectivity index (χ3v) is 6.14. The number of fused-ring (bicyclic) bond motifs is 1. The lowest BCUT2D eigenvalue weighted by molar-refractivity contribution is 0.278. The number of aromatic nitrogens is 1. The number of benzene rings is 1. The molecule has 22 heavy (non-hydrogen) atoms. The Morgan fingerprint density at radius 1 is 1.09 bits per heavy atom. The maximum absolute atomic E-state index is 13.9. The molecule has 0 spiro atoms. The van der Waals surface area contributed by atoms with Gasteiger partial charge in [-0.1, -0.05) is 6.07 Å². The van der Waals surface area contributed by atoms with Crippen molar-refractivity contribution in [2.24, 2.45) is 0 Å². The molecule has 0 saturated heterocycles. The third kappa shape index (κ3) is 2.16. The Morgan fingerprint density at radius 2 is 1.73 bits per heavy atom. The van der Waals surface area contributed by atoms with Gasteiger partial charge in [-0.25, -0.2) is 17.2 Å². The fraction of sp³-hybridized carbons (Fsp3) is 0.333. The zero-order valence-corrected chi connectivity index (χ0v) is 13.1. The summed E-state index contributed by atoms with van der Waals surface area (Å²) < 4.78 is 56.3. The van der Waals surface area contributed by atoms with Crippen LogP contribution in [0.15, 0.2) is 35.2 Å². The van der Waals surface area contributed by atoms with E-state index in [0.717, 1.165) is 33.9 Å². The van der Waals surface area contributed by atoms with Crippen molar-refractivity contribution in [3.63, 3.8) is 0 Å². The summed E-state index contributed by atoms with van der Waals surface area (Å²) in [5, 5.41) is 0. The Kier molecular flexibility index (Phi) is 3.57. The summed E-state index contributed by atoms with van der Waals surface area (Å²) in [5.41, 5.74) is 1.86. The van der Waals surface area contributed by atoms with Gasteiger partial charge < -0.3 is 4.57 Å². The van der Waals surface area contributed by atoms with Gasteiger partial charge in [0.05, 0.1) is 6.04 Å². The molecule has 1 aliphatic heterocycles. The normalized spacial score (nSPS) is 19.2. The van der Waals surface area contributed by atoms with E-state index >= 15 is 0 Å².